The molecule has 2 rings (SSSR count). The number of nitrogens with one attached hydrogen (secondary N) is 1. The third kappa shape index (κ3) is 5.22. The number of nitrogens with zero attached hydrogens (tertiary/aromatic N) is 4. The summed E-state index contributed by atoms with van der Waals surface area (Å²) >= 11 is 18.0. The van der Waals surface area contributed by atoms with Gasteiger partial charge in [-0.05, 0) is 18.2 Å². The van der Waals surface area contributed by atoms with Gasteiger partial charge in [-0.3, -0.25) is 0 Å². The molecule has 0 saturated carbocycles. The summed E-state index contributed by atoms with van der Waals surface area (Å²) in [4.78, 5) is 3.52. The second-order valence-corrected chi connectivity index (χ2v) is 6.31. The van der Waals surface area contributed by atoms with Crippen molar-refractivity contribution in [2.75, 3.05) is 5.32 Å². The minimum atomic E-state index is -4.63. The van der Waals surface area contributed by atoms with Crippen LogP contribution < -0.4 is 10.1 Å². The largest absolute Gasteiger partial charge is 0.434 e. The average molecular weight is 459 g/mol. The Morgan fingerprint density at radius 1 is 0.966 bits per heavy atom. The molecular weight excluding hydrogens is 454 g/mol. The third-order valence-electron chi connectivity index (χ3n) is 3.19. The average Bonchev–Trinajstić information content (AvgIpc) is 2.65. The molecule has 1 aromatic carbocycles. The van der Waals surface area contributed by atoms with E-state index in [1.54, 1.807) is 18.2 Å². The highest BCUT2D eigenvalue weighted by molar-refractivity contribution is 6.37. The van der Waals surface area contributed by atoms with Crippen molar-refractivity contribution in [1.82, 2.24) is 4.98 Å². The molecule has 0 spiro atoms. The molecule has 146 valence electrons. The minimum absolute atomic E-state index is 0.106. The van der Waals surface area contributed by atoms with Gasteiger partial charge in [-0.1, -0.05) is 34.8 Å². The summed E-state index contributed by atoms with van der Waals surface area (Å²) in [5.41, 5.74) is -1.70. The maximum Gasteiger partial charge on any atom is 0.417 e. The number of halogens is 6. The van der Waals surface area contributed by atoms with E-state index >= 15 is 0 Å². The van der Waals surface area contributed by atoms with Crippen molar-refractivity contribution in [3.05, 3.63) is 56.3 Å². The molecule has 0 aliphatic rings. The number of nitriles is 3. The molecule has 0 atom stereocenters. The zero-order chi connectivity index (χ0) is 21.8. The van der Waals surface area contributed by atoms with E-state index in [2.05, 4.69) is 10.3 Å². The van der Waals surface area contributed by atoms with Crippen molar-refractivity contribution >= 4 is 40.5 Å². The molecule has 1 N–H and O–H groups in total. The Morgan fingerprint density at radius 3 is 2.00 bits per heavy atom. The first-order valence-electron chi connectivity index (χ1n) is 7.22. The summed E-state index contributed by atoms with van der Waals surface area (Å²) in [5.74, 6) is -0.519. The number of hydrogen-bond acceptors (Lipinski definition) is 6. The summed E-state index contributed by atoms with van der Waals surface area (Å²) in [6.07, 6.45) is -4.09. The van der Waals surface area contributed by atoms with E-state index in [-0.39, 0.29) is 33.1 Å². The number of aromatic nitrogens is 1. The highest BCUT2D eigenvalue weighted by Crippen LogP contribution is 2.41. The summed E-state index contributed by atoms with van der Waals surface area (Å²) < 4.78 is 43.4. The second kappa shape index (κ2) is 8.89. The maximum atomic E-state index is 12.7. The lowest BCUT2D eigenvalue weighted by molar-refractivity contribution is -0.137. The zero-order valence-electron chi connectivity index (χ0n) is 13.8. The van der Waals surface area contributed by atoms with Crippen LogP contribution in [0.3, 0.4) is 0 Å². The van der Waals surface area contributed by atoms with Crippen LogP contribution in [0.25, 0.3) is 0 Å². The van der Waals surface area contributed by atoms with Gasteiger partial charge in [0.05, 0.1) is 15.6 Å². The summed E-state index contributed by atoms with van der Waals surface area (Å²) in [6, 6.07) is 7.92. The Labute approximate surface area is 176 Å². The molecular formula is C17H5Cl3F3N5O. The molecule has 0 bridgehead atoms. The minimum Gasteiger partial charge on any atom is -0.434 e. The normalized spacial score (nSPS) is 10.3. The van der Waals surface area contributed by atoms with Gasteiger partial charge in [0.2, 0.25) is 5.88 Å². The molecule has 0 saturated heterocycles. The standard InChI is InChI=1S/C17H5Cl3F3N5O/c18-11-2-10(28-14(6-26)8(4-24)5-25)3-12(19)15(11)29-16-13(20)1-9(7-27-16)17(21,22)23/h1-3,7,28H. The first kappa shape index (κ1) is 22.1. The van der Waals surface area contributed by atoms with Crippen molar-refractivity contribution in [2.45, 2.75) is 6.18 Å². The third-order valence-corrected chi connectivity index (χ3v) is 4.02. The topological polar surface area (TPSA) is 106 Å². The molecule has 0 fully saturated rings. The molecule has 0 unspecified atom stereocenters. The lowest BCUT2D eigenvalue weighted by Gasteiger charge is -2.13. The van der Waals surface area contributed by atoms with Crippen LogP contribution in [0.15, 0.2) is 35.7 Å². The van der Waals surface area contributed by atoms with Crippen LogP contribution in [0.5, 0.6) is 11.6 Å². The fraction of sp³-hybridized carbons (Fsp3) is 0.0588. The number of rotatable bonds is 4. The number of ether oxygens (including phenoxy) is 1. The van der Waals surface area contributed by atoms with Crippen LogP contribution in [0.1, 0.15) is 5.56 Å². The Kier molecular flexibility index (Phi) is 6.79. The summed E-state index contributed by atoms with van der Waals surface area (Å²) in [6.45, 7) is 0. The van der Waals surface area contributed by atoms with E-state index in [4.69, 9.17) is 55.3 Å². The number of hydrogen-bond donors (Lipinski definition) is 1. The lowest BCUT2D eigenvalue weighted by atomic mass is 10.2. The highest BCUT2D eigenvalue weighted by Gasteiger charge is 2.32. The van der Waals surface area contributed by atoms with Gasteiger partial charge >= 0.3 is 6.18 Å². The van der Waals surface area contributed by atoms with Crippen molar-refractivity contribution in [1.29, 1.82) is 15.8 Å². The van der Waals surface area contributed by atoms with Crippen LogP contribution >= 0.6 is 34.8 Å². The molecule has 1 aromatic heterocycles. The fourth-order valence-corrected chi connectivity index (χ4v) is 2.68. The lowest BCUT2D eigenvalue weighted by Crippen LogP contribution is -2.06. The Hall–Kier alpha value is -3.16. The van der Waals surface area contributed by atoms with Gasteiger partial charge < -0.3 is 10.1 Å². The molecule has 1 heterocycles. The van der Waals surface area contributed by atoms with Crippen LogP contribution in [-0.4, -0.2) is 4.98 Å². The zero-order valence-corrected chi connectivity index (χ0v) is 16.0. The molecule has 0 aliphatic carbocycles. The van der Waals surface area contributed by atoms with E-state index in [9.17, 15) is 13.2 Å². The van der Waals surface area contributed by atoms with Crippen LogP contribution in [0.2, 0.25) is 15.1 Å². The predicted octanol–water partition coefficient (Wildman–Crippen LogP) is 6.09. The van der Waals surface area contributed by atoms with E-state index in [1.807, 2.05) is 0 Å². The van der Waals surface area contributed by atoms with E-state index in [0.29, 0.717) is 12.3 Å². The Morgan fingerprint density at radius 2 is 1.55 bits per heavy atom. The molecule has 0 radical (unpaired) electrons. The second-order valence-electron chi connectivity index (χ2n) is 5.09. The molecule has 6 nitrogen and oxygen atoms in total. The maximum absolute atomic E-state index is 12.7. The van der Waals surface area contributed by atoms with Crippen molar-refractivity contribution in [2.24, 2.45) is 0 Å². The highest BCUT2D eigenvalue weighted by atomic mass is 35.5. The van der Waals surface area contributed by atoms with Gasteiger partial charge in [0, 0.05) is 11.9 Å². The smallest absolute Gasteiger partial charge is 0.417 e. The van der Waals surface area contributed by atoms with Gasteiger partial charge in [-0.2, -0.15) is 29.0 Å². The Balaban J connectivity index is 2.37. The van der Waals surface area contributed by atoms with E-state index in [0.717, 1.165) is 0 Å². The SMILES string of the molecule is N#CC(C#N)=C(C#N)Nc1cc(Cl)c(Oc2ncc(C(F)(F)F)cc2Cl)c(Cl)c1. The number of benzene rings is 1. The number of anilines is 1. The first-order valence-corrected chi connectivity index (χ1v) is 8.35. The van der Waals surface area contributed by atoms with E-state index in [1.165, 1.54) is 12.1 Å². The molecule has 29 heavy (non-hydrogen) atoms. The van der Waals surface area contributed by atoms with Crippen LogP contribution in [0, 0.1) is 34.0 Å². The molecule has 0 amide bonds. The predicted molar refractivity (Wildman–Crippen MR) is 98.3 cm³/mol. The van der Waals surface area contributed by atoms with Gasteiger partial charge in [0.15, 0.2) is 11.3 Å². The number of allylic oxidation sites excluding steroid dienone is 2. The van der Waals surface area contributed by atoms with Crippen LogP contribution in [-0.2, 0) is 6.18 Å². The number of alkyl halides is 3. The Bertz CT molecular complexity index is 1090. The van der Waals surface area contributed by atoms with Gasteiger partial charge in [-0.15, -0.1) is 0 Å². The summed E-state index contributed by atoms with van der Waals surface area (Å²) in [5, 5.41) is 28.6. The molecule has 0 aliphatic heterocycles. The number of pyridine rings is 1. The van der Waals surface area contributed by atoms with Crippen molar-refractivity contribution in [3.8, 4) is 29.8 Å². The van der Waals surface area contributed by atoms with Gasteiger partial charge in [-0.25, -0.2) is 4.98 Å². The first-order chi connectivity index (χ1) is 13.6. The van der Waals surface area contributed by atoms with Crippen molar-refractivity contribution < 1.29 is 17.9 Å². The molecule has 2 aromatic rings. The fourth-order valence-electron chi connectivity index (χ4n) is 1.91. The van der Waals surface area contributed by atoms with Crippen molar-refractivity contribution in [3.63, 3.8) is 0 Å². The quantitative estimate of drug-likeness (QED) is 0.556. The van der Waals surface area contributed by atoms with Gasteiger partial charge in [0.25, 0.3) is 0 Å². The van der Waals surface area contributed by atoms with Crippen LogP contribution in [0.4, 0.5) is 18.9 Å². The van der Waals surface area contributed by atoms with Gasteiger partial charge in [0.1, 0.15) is 28.9 Å². The summed E-state index contributed by atoms with van der Waals surface area (Å²) in [7, 11) is 0. The monoisotopic (exact) mass is 457 g/mol. The molecule has 12 heteroatoms. The van der Waals surface area contributed by atoms with E-state index < -0.39 is 22.3 Å².